The lowest BCUT2D eigenvalue weighted by molar-refractivity contribution is 0.0904. The minimum Gasteiger partial charge on any atom is -0.349 e. The van der Waals surface area contributed by atoms with E-state index < -0.39 is 0 Å². The standard InChI is InChI=1S/C17H24ClNO/c1-17(2,3)12-8-10-13(11-9-12)19-16(20)14-6-4-5-7-15(14)18/h4-7,12-13H,8-11H2,1-3H3,(H,19,20). The van der Waals surface area contributed by atoms with Crippen LogP contribution in [0, 0.1) is 11.3 Å². The highest BCUT2D eigenvalue weighted by atomic mass is 35.5. The van der Waals surface area contributed by atoms with E-state index in [1.54, 1.807) is 12.1 Å². The summed E-state index contributed by atoms with van der Waals surface area (Å²) in [6.07, 6.45) is 4.52. The summed E-state index contributed by atoms with van der Waals surface area (Å²) in [6.45, 7) is 6.92. The van der Waals surface area contributed by atoms with E-state index in [0.29, 0.717) is 16.0 Å². The van der Waals surface area contributed by atoms with E-state index in [1.165, 1.54) is 12.8 Å². The monoisotopic (exact) mass is 293 g/mol. The molecule has 1 aromatic carbocycles. The van der Waals surface area contributed by atoms with E-state index in [-0.39, 0.29) is 11.9 Å². The Morgan fingerprint density at radius 1 is 1.15 bits per heavy atom. The van der Waals surface area contributed by atoms with Gasteiger partial charge in [0.25, 0.3) is 5.91 Å². The Balaban J connectivity index is 1.90. The van der Waals surface area contributed by atoms with Gasteiger partial charge in [0.2, 0.25) is 0 Å². The lowest BCUT2D eigenvalue weighted by Gasteiger charge is -2.37. The molecule has 1 N–H and O–H groups in total. The molecule has 0 atom stereocenters. The van der Waals surface area contributed by atoms with Crippen molar-refractivity contribution in [3.8, 4) is 0 Å². The van der Waals surface area contributed by atoms with Gasteiger partial charge < -0.3 is 5.32 Å². The molecular formula is C17H24ClNO. The highest BCUT2D eigenvalue weighted by Crippen LogP contribution is 2.37. The number of nitrogens with one attached hydrogen (secondary N) is 1. The normalized spacial score (nSPS) is 23.4. The Morgan fingerprint density at radius 2 is 1.75 bits per heavy atom. The Bertz CT molecular complexity index is 470. The number of carbonyl (C=O) groups is 1. The summed E-state index contributed by atoms with van der Waals surface area (Å²) in [6, 6.07) is 7.51. The van der Waals surface area contributed by atoms with Crippen molar-refractivity contribution in [3.63, 3.8) is 0 Å². The fraction of sp³-hybridized carbons (Fsp3) is 0.588. The fourth-order valence-corrected chi connectivity index (χ4v) is 3.23. The highest BCUT2D eigenvalue weighted by Gasteiger charge is 2.30. The van der Waals surface area contributed by atoms with Crippen molar-refractivity contribution in [2.24, 2.45) is 11.3 Å². The number of carbonyl (C=O) groups excluding carboxylic acids is 1. The third-order valence-electron chi connectivity index (χ3n) is 4.41. The summed E-state index contributed by atoms with van der Waals surface area (Å²) in [7, 11) is 0. The molecule has 0 saturated heterocycles. The molecule has 1 amide bonds. The lowest BCUT2D eigenvalue weighted by Crippen LogP contribution is -2.39. The molecule has 2 rings (SSSR count). The summed E-state index contributed by atoms with van der Waals surface area (Å²) in [5, 5.41) is 3.65. The smallest absolute Gasteiger partial charge is 0.253 e. The quantitative estimate of drug-likeness (QED) is 0.843. The molecule has 0 bridgehead atoms. The van der Waals surface area contributed by atoms with Crippen molar-refractivity contribution in [1.29, 1.82) is 0 Å². The van der Waals surface area contributed by atoms with Crippen molar-refractivity contribution in [2.45, 2.75) is 52.5 Å². The molecular weight excluding hydrogens is 270 g/mol. The van der Waals surface area contributed by atoms with Crippen molar-refractivity contribution in [3.05, 3.63) is 34.9 Å². The molecule has 3 heteroatoms. The number of halogens is 1. The largest absolute Gasteiger partial charge is 0.349 e. The Morgan fingerprint density at radius 3 is 2.30 bits per heavy atom. The summed E-state index contributed by atoms with van der Waals surface area (Å²) in [5.41, 5.74) is 0.949. The van der Waals surface area contributed by atoms with Gasteiger partial charge in [-0.15, -0.1) is 0 Å². The molecule has 1 fully saturated rings. The molecule has 0 unspecified atom stereocenters. The molecule has 1 aliphatic carbocycles. The van der Waals surface area contributed by atoms with Crippen LogP contribution in [0.25, 0.3) is 0 Å². The van der Waals surface area contributed by atoms with Crippen LogP contribution in [-0.2, 0) is 0 Å². The summed E-state index contributed by atoms with van der Waals surface area (Å²) in [4.78, 5) is 12.2. The van der Waals surface area contributed by atoms with Crippen LogP contribution in [0.1, 0.15) is 56.8 Å². The first-order chi connectivity index (χ1) is 9.38. The molecule has 20 heavy (non-hydrogen) atoms. The Hall–Kier alpha value is -1.02. The van der Waals surface area contributed by atoms with E-state index in [0.717, 1.165) is 18.8 Å². The minimum absolute atomic E-state index is 0.0465. The van der Waals surface area contributed by atoms with E-state index in [1.807, 2.05) is 12.1 Å². The first-order valence-electron chi connectivity index (χ1n) is 7.43. The minimum atomic E-state index is -0.0465. The number of hydrogen-bond donors (Lipinski definition) is 1. The molecule has 0 heterocycles. The van der Waals surface area contributed by atoms with Gasteiger partial charge in [0.15, 0.2) is 0 Å². The third-order valence-corrected chi connectivity index (χ3v) is 4.74. The molecule has 0 radical (unpaired) electrons. The van der Waals surface area contributed by atoms with E-state index in [9.17, 15) is 4.79 Å². The second-order valence-corrected chi connectivity index (χ2v) is 7.28. The zero-order chi connectivity index (χ0) is 14.8. The van der Waals surface area contributed by atoms with Crippen LogP contribution < -0.4 is 5.32 Å². The first-order valence-corrected chi connectivity index (χ1v) is 7.81. The average molecular weight is 294 g/mol. The van der Waals surface area contributed by atoms with Gasteiger partial charge >= 0.3 is 0 Å². The van der Waals surface area contributed by atoms with Gasteiger partial charge in [-0.25, -0.2) is 0 Å². The topological polar surface area (TPSA) is 29.1 Å². The molecule has 0 aliphatic heterocycles. The van der Waals surface area contributed by atoms with E-state index in [2.05, 4.69) is 26.1 Å². The van der Waals surface area contributed by atoms with Gasteiger partial charge in [-0.1, -0.05) is 44.5 Å². The van der Waals surface area contributed by atoms with Crippen molar-refractivity contribution in [1.82, 2.24) is 5.32 Å². The fourth-order valence-electron chi connectivity index (χ4n) is 3.01. The van der Waals surface area contributed by atoms with Crippen LogP contribution in [0.5, 0.6) is 0 Å². The van der Waals surface area contributed by atoms with E-state index >= 15 is 0 Å². The maximum atomic E-state index is 12.2. The highest BCUT2D eigenvalue weighted by molar-refractivity contribution is 6.33. The molecule has 1 aliphatic rings. The van der Waals surface area contributed by atoms with E-state index in [4.69, 9.17) is 11.6 Å². The predicted molar refractivity (Wildman–Crippen MR) is 84.1 cm³/mol. The maximum absolute atomic E-state index is 12.2. The second kappa shape index (κ2) is 6.17. The van der Waals surface area contributed by atoms with Crippen molar-refractivity contribution >= 4 is 17.5 Å². The Kier molecular flexibility index (Phi) is 4.74. The van der Waals surface area contributed by atoms with Crippen molar-refractivity contribution < 1.29 is 4.79 Å². The SMILES string of the molecule is CC(C)(C)C1CCC(NC(=O)c2ccccc2Cl)CC1. The summed E-state index contributed by atoms with van der Waals surface area (Å²) >= 11 is 6.06. The zero-order valence-corrected chi connectivity index (χ0v) is 13.3. The van der Waals surface area contributed by atoms with Gasteiger partial charge in [0.05, 0.1) is 10.6 Å². The van der Waals surface area contributed by atoms with Gasteiger partial charge in [-0.3, -0.25) is 4.79 Å². The van der Waals surface area contributed by atoms with Gasteiger partial charge in [0, 0.05) is 6.04 Å². The molecule has 2 nitrogen and oxygen atoms in total. The number of amides is 1. The predicted octanol–water partition coefficient (Wildman–Crippen LogP) is 4.67. The van der Waals surface area contributed by atoms with Crippen LogP contribution >= 0.6 is 11.6 Å². The summed E-state index contributed by atoms with van der Waals surface area (Å²) < 4.78 is 0. The van der Waals surface area contributed by atoms with Gasteiger partial charge in [-0.2, -0.15) is 0 Å². The third kappa shape index (κ3) is 3.76. The van der Waals surface area contributed by atoms with Crippen LogP contribution in [0.4, 0.5) is 0 Å². The molecule has 110 valence electrons. The van der Waals surface area contributed by atoms with Gasteiger partial charge in [0.1, 0.15) is 0 Å². The lowest BCUT2D eigenvalue weighted by atomic mass is 9.71. The summed E-state index contributed by atoms with van der Waals surface area (Å²) in [5.74, 6) is 0.714. The van der Waals surface area contributed by atoms with Crippen LogP contribution in [-0.4, -0.2) is 11.9 Å². The van der Waals surface area contributed by atoms with Crippen LogP contribution in [0.15, 0.2) is 24.3 Å². The average Bonchev–Trinajstić information content (AvgIpc) is 2.38. The number of rotatable bonds is 2. The zero-order valence-electron chi connectivity index (χ0n) is 12.6. The van der Waals surface area contributed by atoms with Crippen molar-refractivity contribution in [2.75, 3.05) is 0 Å². The molecule has 1 saturated carbocycles. The van der Waals surface area contributed by atoms with Crippen LogP contribution in [0.3, 0.4) is 0 Å². The first kappa shape index (κ1) is 15.4. The van der Waals surface area contributed by atoms with Crippen LogP contribution in [0.2, 0.25) is 5.02 Å². The number of hydrogen-bond acceptors (Lipinski definition) is 1. The molecule has 0 spiro atoms. The van der Waals surface area contributed by atoms with Gasteiger partial charge in [-0.05, 0) is 49.1 Å². The second-order valence-electron chi connectivity index (χ2n) is 6.87. The number of benzene rings is 1. The Labute approximate surface area is 126 Å². The molecule has 1 aromatic rings. The maximum Gasteiger partial charge on any atom is 0.253 e. The molecule has 0 aromatic heterocycles.